The topological polar surface area (TPSA) is 42.4 Å². The number of carbonyl (C=O) groups excluding carboxylic acids is 1. The van der Waals surface area contributed by atoms with Crippen LogP contribution in [0.5, 0.6) is 0 Å². The van der Waals surface area contributed by atoms with Crippen molar-refractivity contribution in [2.75, 3.05) is 26.8 Å². The molecule has 4 nitrogen and oxygen atoms in total. The molecule has 0 bridgehead atoms. The molecule has 19 heavy (non-hydrogen) atoms. The van der Waals surface area contributed by atoms with E-state index in [2.05, 4.69) is 4.98 Å². The lowest BCUT2D eigenvalue weighted by Gasteiger charge is -2.32. The van der Waals surface area contributed by atoms with E-state index in [4.69, 9.17) is 27.9 Å². The summed E-state index contributed by atoms with van der Waals surface area (Å²) in [7, 11) is 1.68. The van der Waals surface area contributed by atoms with Gasteiger partial charge in [-0.25, -0.2) is 4.98 Å². The minimum atomic E-state index is -0.0491. The highest BCUT2D eigenvalue weighted by molar-refractivity contribution is 6.33. The fraction of sp³-hybridized carbons (Fsp3) is 0.538. The molecule has 1 aromatic heterocycles. The third kappa shape index (κ3) is 3.81. The van der Waals surface area contributed by atoms with Crippen molar-refractivity contribution in [1.82, 2.24) is 9.88 Å². The van der Waals surface area contributed by atoms with Gasteiger partial charge in [0.05, 0.1) is 6.61 Å². The van der Waals surface area contributed by atoms with Gasteiger partial charge in [0.2, 0.25) is 0 Å². The summed E-state index contributed by atoms with van der Waals surface area (Å²) in [5, 5.41) is 0.475. The van der Waals surface area contributed by atoms with Gasteiger partial charge in [0.1, 0.15) is 10.3 Å². The standard InChI is InChI=1S/C13H16Cl2N2O2/c1-19-8-9-3-2-4-17(7-9)13(18)10-5-11(14)16-12(15)6-10/h5-6,9H,2-4,7-8H2,1H3. The van der Waals surface area contributed by atoms with E-state index < -0.39 is 0 Å². The van der Waals surface area contributed by atoms with Crippen LogP contribution in [0.25, 0.3) is 0 Å². The monoisotopic (exact) mass is 302 g/mol. The van der Waals surface area contributed by atoms with E-state index in [9.17, 15) is 4.79 Å². The van der Waals surface area contributed by atoms with Crippen LogP contribution in [0.1, 0.15) is 23.2 Å². The number of hydrogen-bond acceptors (Lipinski definition) is 3. The van der Waals surface area contributed by atoms with E-state index in [0.29, 0.717) is 24.6 Å². The molecular formula is C13H16Cl2N2O2. The first-order valence-corrected chi connectivity index (χ1v) is 6.97. The molecule has 0 aromatic carbocycles. The van der Waals surface area contributed by atoms with Gasteiger partial charge in [0.15, 0.2) is 0 Å². The Morgan fingerprint density at radius 3 is 2.79 bits per heavy atom. The fourth-order valence-electron chi connectivity index (χ4n) is 2.39. The molecule has 104 valence electrons. The lowest BCUT2D eigenvalue weighted by molar-refractivity contribution is 0.0571. The molecule has 1 aromatic rings. The van der Waals surface area contributed by atoms with Crippen molar-refractivity contribution in [2.24, 2.45) is 5.92 Å². The lowest BCUT2D eigenvalue weighted by Crippen LogP contribution is -2.41. The number of likely N-dealkylation sites (tertiary alicyclic amines) is 1. The number of aromatic nitrogens is 1. The molecule has 1 atom stereocenters. The number of hydrogen-bond donors (Lipinski definition) is 0. The van der Waals surface area contributed by atoms with Crippen LogP contribution in [0.3, 0.4) is 0 Å². The Balaban J connectivity index is 2.10. The molecule has 1 fully saturated rings. The molecule has 0 saturated carbocycles. The van der Waals surface area contributed by atoms with Gasteiger partial charge in [0, 0.05) is 25.8 Å². The average molecular weight is 303 g/mol. The molecule has 1 aliphatic rings. The SMILES string of the molecule is COCC1CCCN(C(=O)c2cc(Cl)nc(Cl)c2)C1. The summed E-state index contributed by atoms with van der Waals surface area (Å²) >= 11 is 11.7. The number of piperidine rings is 1. The molecule has 2 rings (SSSR count). The van der Waals surface area contributed by atoms with Crippen LogP contribution in [0, 0.1) is 5.92 Å². The highest BCUT2D eigenvalue weighted by Gasteiger charge is 2.24. The third-order valence-corrected chi connectivity index (χ3v) is 3.61. The van der Waals surface area contributed by atoms with Crippen LogP contribution in [0.2, 0.25) is 10.3 Å². The van der Waals surface area contributed by atoms with Crippen LogP contribution in [0.4, 0.5) is 0 Å². The summed E-state index contributed by atoms with van der Waals surface area (Å²) in [6.45, 7) is 2.16. The van der Waals surface area contributed by atoms with Crippen LogP contribution < -0.4 is 0 Å². The van der Waals surface area contributed by atoms with E-state index in [0.717, 1.165) is 19.4 Å². The fourth-order valence-corrected chi connectivity index (χ4v) is 2.85. The van der Waals surface area contributed by atoms with Crippen LogP contribution in [0.15, 0.2) is 12.1 Å². The minimum absolute atomic E-state index is 0.0491. The van der Waals surface area contributed by atoms with Gasteiger partial charge in [-0.15, -0.1) is 0 Å². The first-order chi connectivity index (χ1) is 9.10. The zero-order valence-corrected chi connectivity index (χ0v) is 12.2. The zero-order valence-electron chi connectivity index (χ0n) is 10.7. The molecule has 1 aliphatic heterocycles. The van der Waals surface area contributed by atoms with E-state index in [1.54, 1.807) is 19.2 Å². The molecule has 6 heteroatoms. The number of carbonyl (C=O) groups is 1. The van der Waals surface area contributed by atoms with Crippen LogP contribution in [-0.2, 0) is 4.74 Å². The summed E-state index contributed by atoms with van der Waals surface area (Å²) in [5.41, 5.74) is 0.489. The Morgan fingerprint density at radius 2 is 2.16 bits per heavy atom. The minimum Gasteiger partial charge on any atom is -0.384 e. The van der Waals surface area contributed by atoms with Gasteiger partial charge >= 0.3 is 0 Å². The first kappa shape index (κ1) is 14.6. The molecule has 1 saturated heterocycles. The quantitative estimate of drug-likeness (QED) is 0.806. The third-order valence-electron chi connectivity index (χ3n) is 3.22. The van der Waals surface area contributed by atoms with Gasteiger partial charge in [0.25, 0.3) is 5.91 Å². The van der Waals surface area contributed by atoms with Gasteiger partial charge in [-0.1, -0.05) is 23.2 Å². The van der Waals surface area contributed by atoms with E-state index in [1.807, 2.05) is 4.90 Å². The van der Waals surface area contributed by atoms with Gasteiger partial charge in [-0.3, -0.25) is 4.79 Å². The molecule has 0 N–H and O–H groups in total. The Morgan fingerprint density at radius 1 is 1.47 bits per heavy atom. The van der Waals surface area contributed by atoms with Crippen LogP contribution in [-0.4, -0.2) is 42.6 Å². The number of nitrogens with zero attached hydrogens (tertiary/aromatic N) is 2. The van der Waals surface area contributed by atoms with E-state index in [-0.39, 0.29) is 16.2 Å². The molecule has 2 heterocycles. The zero-order chi connectivity index (χ0) is 13.8. The summed E-state index contributed by atoms with van der Waals surface area (Å²) in [6, 6.07) is 3.10. The molecular weight excluding hydrogens is 287 g/mol. The first-order valence-electron chi connectivity index (χ1n) is 6.21. The van der Waals surface area contributed by atoms with Gasteiger partial charge in [-0.05, 0) is 30.9 Å². The van der Waals surface area contributed by atoms with Crippen molar-refractivity contribution in [3.8, 4) is 0 Å². The normalized spacial score (nSPS) is 19.5. The predicted octanol–water partition coefficient (Wildman–Crippen LogP) is 2.89. The van der Waals surface area contributed by atoms with Gasteiger partial charge in [-0.2, -0.15) is 0 Å². The number of ether oxygens (including phenoxy) is 1. The Hall–Kier alpha value is -0.840. The highest BCUT2D eigenvalue weighted by Crippen LogP contribution is 2.21. The Labute approximate surface area is 122 Å². The van der Waals surface area contributed by atoms with Crippen molar-refractivity contribution in [3.05, 3.63) is 28.0 Å². The molecule has 0 spiro atoms. The van der Waals surface area contributed by atoms with Gasteiger partial charge < -0.3 is 9.64 Å². The Kier molecular flexibility index (Phi) is 5.02. The summed E-state index contributed by atoms with van der Waals surface area (Å²) in [5.74, 6) is 0.350. The Bertz CT molecular complexity index is 446. The van der Waals surface area contributed by atoms with E-state index in [1.165, 1.54) is 0 Å². The van der Waals surface area contributed by atoms with Crippen molar-refractivity contribution in [3.63, 3.8) is 0 Å². The smallest absolute Gasteiger partial charge is 0.254 e. The maximum atomic E-state index is 12.4. The number of amides is 1. The summed E-state index contributed by atoms with van der Waals surface area (Å²) < 4.78 is 5.16. The number of pyridine rings is 1. The lowest BCUT2D eigenvalue weighted by atomic mass is 9.98. The molecule has 1 amide bonds. The second-order valence-electron chi connectivity index (χ2n) is 4.72. The molecule has 0 radical (unpaired) electrons. The van der Waals surface area contributed by atoms with Crippen molar-refractivity contribution in [2.45, 2.75) is 12.8 Å². The number of halogens is 2. The summed E-state index contributed by atoms with van der Waals surface area (Å²) in [4.78, 5) is 18.1. The largest absolute Gasteiger partial charge is 0.384 e. The van der Waals surface area contributed by atoms with Crippen molar-refractivity contribution < 1.29 is 9.53 Å². The number of rotatable bonds is 3. The highest BCUT2D eigenvalue weighted by atomic mass is 35.5. The summed E-state index contributed by atoms with van der Waals surface area (Å²) in [6.07, 6.45) is 2.09. The number of methoxy groups -OCH3 is 1. The second-order valence-corrected chi connectivity index (χ2v) is 5.49. The maximum Gasteiger partial charge on any atom is 0.254 e. The molecule has 0 aliphatic carbocycles. The molecule has 1 unspecified atom stereocenters. The predicted molar refractivity (Wildman–Crippen MR) is 74.8 cm³/mol. The average Bonchev–Trinajstić information content (AvgIpc) is 2.37. The van der Waals surface area contributed by atoms with E-state index >= 15 is 0 Å². The van der Waals surface area contributed by atoms with Crippen molar-refractivity contribution >= 4 is 29.1 Å². The second kappa shape index (κ2) is 6.55. The maximum absolute atomic E-state index is 12.4. The van der Waals surface area contributed by atoms with Crippen molar-refractivity contribution in [1.29, 1.82) is 0 Å². The van der Waals surface area contributed by atoms with Crippen LogP contribution >= 0.6 is 23.2 Å².